The normalized spacial score (nSPS) is 12.2. The maximum Gasteiger partial charge on any atom is 1.00 e. The summed E-state index contributed by atoms with van der Waals surface area (Å²) in [6.45, 7) is 3.47. The predicted molar refractivity (Wildman–Crippen MR) is 193 cm³/mol. The van der Waals surface area contributed by atoms with Crippen LogP contribution in [0.1, 0.15) is 194 Å². The number of hydrogen-bond donors (Lipinski definition) is 0. The van der Waals surface area contributed by atoms with E-state index in [1.165, 1.54) is 89.9 Å². The van der Waals surface area contributed by atoms with Crippen molar-refractivity contribution >= 4 is 19.8 Å². The van der Waals surface area contributed by atoms with Gasteiger partial charge in [0.25, 0.3) is 0 Å². The fraction of sp³-hybridized carbons (Fsp3) is 0.846. The molecule has 0 bridgehead atoms. The number of phosphoric acid groups is 1. The van der Waals surface area contributed by atoms with Crippen molar-refractivity contribution < 1.29 is 97.1 Å². The third kappa shape index (κ3) is 44.7. The standard InChI is InChI=1S/C39H73O8P.2Na/c1-3-5-7-9-11-13-15-17-19-21-23-25-27-29-31-33-38(40)45-35-37(36-46-48(42,43)44)47-39(41)34-32-30-28-26-24-22-20-18-16-14-12-10-8-6-4-2;;/h17-20,37H,3-16,21-36H2,1-2H3,(H2,42,43,44);;/q;2*+1/p-2/b19-17-,20-18-;;/t37-;;/m0../s1. The first-order chi connectivity index (χ1) is 23.3. The third-order valence-electron chi connectivity index (χ3n) is 8.43. The Hall–Kier alpha value is 0.530. The maximum absolute atomic E-state index is 12.3. The van der Waals surface area contributed by atoms with Crippen molar-refractivity contribution in [3.05, 3.63) is 24.3 Å². The minimum atomic E-state index is -5.25. The minimum absolute atomic E-state index is 0. The molecule has 0 aromatic carbocycles. The zero-order chi connectivity index (χ0) is 35.4. The SMILES string of the molecule is CCCCCCCC/C=C\CCCCCCCC(=O)OC[C@@H](COP(=O)([O-])[O-])OC(=O)CCCCCCC/C=C\CCCCCCCC.[Na+].[Na+]. The molecule has 0 aliphatic rings. The van der Waals surface area contributed by atoms with Gasteiger partial charge in [-0.1, -0.05) is 141 Å². The average Bonchev–Trinajstić information content (AvgIpc) is 3.05. The zero-order valence-electron chi connectivity index (χ0n) is 32.8. The molecule has 0 fully saturated rings. The van der Waals surface area contributed by atoms with Crippen molar-refractivity contribution in [2.24, 2.45) is 0 Å². The molecule has 0 saturated carbocycles. The first kappa shape index (κ1) is 54.9. The topological polar surface area (TPSA) is 125 Å². The molecule has 0 unspecified atom stereocenters. The number of rotatable bonds is 36. The maximum atomic E-state index is 12.3. The second kappa shape index (κ2) is 42.3. The Labute approximate surface area is 351 Å². The fourth-order valence-electron chi connectivity index (χ4n) is 5.47. The van der Waals surface area contributed by atoms with Crippen LogP contribution in [0.15, 0.2) is 24.3 Å². The summed E-state index contributed by atoms with van der Waals surface area (Å²) in [5.74, 6) is -0.973. The second-order valence-electron chi connectivity index (χ2n) is 13.2. The Morgan fingerprint density at radius 2 is 0.860 bits per heavy atom. The van der Waals surface area contributed by atoms with Gasteiger partial charge in [-0.2, -0.15) is 0 Å². The fourth-order valence-corrected chi connectivity index (χ4v) is 5.82. The minimum Gasteiger partial charge on any atom is -0.790 e. The van der Waals surface area contributed by atoms with Crippen molar-refractivity contribution in [1.29, 1.82) is 0 Å². The van der Waals surface area contributed by atoms with Gasteiger partial charge in [0.15, 0.2) is 6.10 Å². The molecule has 0 aliphatic heterocycles. The number of hydrogen-bond acceptors (Lipinski definition) is 8. The van der Waals surface area contributed by atoms with Crippen LogP contribution in [0.25, 0.3) is 0 Å². The van der Waals surface area contributed by atoms with Gasteiger partial charge in [0.2, 0.25) is 0 Å². The molecule has 0 aromatic heterocycles. The second-order valence-corrected chi connectivity index (χ2v) is 14.4. The number of allylic oxidation sites excluding steroid dienone is 4. The molecular formula is C39H71Na2O8P. The molecule has 0 amide bonds. The summed E-state index contributed by atoms with van der Waals surface area (Å²) in [7, 11) is -5.25. The zero-order valence-corrected chi connectivity index (χ0v) is 37.7. The van der Waals surface area contributed by atoms with Crippen molar-refractivity contribution in [1.82, 2.24) is 0 Å². The van der Waals surface area contributed by atoms with Crippen molar-refractivity contribution in [2.45, 2.75) is 200 Å². The predicted octanol–water partition coefficient (Wildman–Crippen LogP) is 4.37. The van der Waals surface area contributed by atoms with E-state index in [4.69, 9.17) is 9.47 Å². The van der Waals surface area contributed by atoms with E-state index in [1.807, 2.05) is 0 Å². The Morgan fingerprint density at radius 1 is 0.520 bits per heavy atom. The molecule has 282 valence electrons. The van der Waals surface area contributed by atoms with Crippen LogP contribution in [0.3, 0.4) is 0 Å². The van der Waals surface area contributed by atoms with Crippen LogP contribution in [-0.4, -0.2) is 31.3 Å². The van der Waals surface area contributed by atoms with Gasteiger partial charge in [0, 0.05) is 12.8 Å². The average molecular weight is 745 g/mol. The van der Waals surface area contributed by atoms with E-state index >= 15 is 0 Å². The summed E-state index contributed by atoms with van der Waals surface area (Å²) >= 11 is 0. The van der Waals surface area contributed by atoms with E-state index in [2.05, 4.69) is 42.7 Å². The monoisotopic (exact) mass is 744 g/mol. The van der Waals surface area contributed by atoms with E-state index in [0.29, 0.717) is 12.8 Å². The Bertz CT molecular complexity index is 850. The molecule has 0 aliphatic carbocycles. The van der Waals surface area contributed by atoms with Crippen LogP contribution in [0.5, 0.6) is 0 Å². The number of unbranched alkanes of at least 4 members (excludes halogenated alkanes) is 22. The summed E-state index contributed by atoms with van der Waals surface area (Å²) in [5.41, 5.74) is 0. The number of carbonyl (C=O) groups is 2. The van der Waals surface area contributed by atoms with Crippen LogP contribution in [0.2, 0.25) is 0 Å². The number of carbonyl (C=O) groups excluding carboxylic acids is 2. The van der Waals surface area contributed by atoms with E-state index in [-0.39, 0.29) is 78.6 Å². The van der Waals surface area contributed by atoms with Crippen molar-refractivity contribution in [2.75, 3.05) is 13.2 Å². The molecule has 1 atom stereocenters. The van der Waals surface area contributed by atoms with Gasteiger partial charge in [-0.25, -0.2) is 0 Å². The van der Waals surface area contributed by atoms with Crippen LogP contribution in [0.4, 0.5) is 0 Å². The molecule has 0 aromatic rings. The molecule has 0 N–H and O–H groups in total. The molecule has 0 spiro atoms. The Morgan fingerprint density at radius 3 is 1.24 bits per heavy atom. The van der Waals surface area contributed by atoms with Crippen molar-refractivity contribution in [3.63, 3.8) is 0 Å². The first-order valence-electron chi connectivity index (χ1n) is 19.6. The molecule has 0 heterocycles. The Balaban J connectivity index is -0.0000110. The van der Waals surface area contributed by atoms with E-state index in [1.54, 1.807) is 0 Å². The van der Waals surface area contributed by atoms with Gasteiger partial charge >= 0.3 is 71.1 Å². The number of esters is 2. The van der Waals surface area contributed by atoms with Crippen LogP contribution >= 0.6 is 7.82 Å². The van der Waals surface area contributed by atoms with Gasteiger partial charge < -0.3 is 28.3 Å². The van der Waals surface area contributed by atoms with Crippen LogP contribution in [0, 0.1) is 0 Å². The molecule has 0 saturated heterocycles. The van der Waals surface area contributed by atoms with E-state index in [0.717, 1.165) is 64.2 Å². The number of phosphoric ester groups is 1. The molecule has 8 nitrogen and oxygen atoms in total. The summed E-state index contributed by atoms with van der Waals surface area (Å²) < 4.78 is 25.8. The molecule has 11 heteroatoms. The molecular weight excluding hydrogens is 673 g/mol. The van der Waals surface area contributed by atoms with Gasteiger partial charge in [0.1, 0.15) is 6.61 Å². The molecule has 0 radical (unpaired) electrons. The van der Waals surface area contributed by atoms with Gasteiger partial charge in [-0.3, -0.25) is 9.59 Å². The van der Waals surface area contributed by atoms with Gasteiger partial charge in [-0.05, 0) is 64.2 Å². The summed E-state index contributed by atoms with van der Waals surface area (Å²) in [4.78, 5) is 46.4. The van der Waals surface area contributed by atoms with Crippen LogP contribution in [-0.2, 0) is 28.2 Å². The quantitative estimate of drug-likeness (QED) is 0.0305. The summed E-state index contributed by atoms with van der Waals surface area (Å²) in [6.07, 6.45) is 38.5. The summed E-state index contributed by atoms with van der Waals surface area (Å²) in [6, 6.07) is 0. The van der Waals surface area contributed by atoms with Gasteiger partial charge in [0.05, 0.1) is 14.4 Å². The van der Waals surface area contributed by atoms with E-state index < -0.39 is 32.5 Å². The Kier molecular flexibility index (Phi) is 46.4. The van der Waals surface area contributed by atoms with E-state index in [9.17, 15) is 23.9 Å². The number of ether oxygens (including phenoxy) is 2. The molecule has 50 heavy (non-hydrogen) atoms. The smallest absolute Gasteiger partial charge is 0.790 e. The van der Waals surface area contributed by atoms with Crippen LogP contribution < -0.4 is 68.9 Å². The molecule has 0 rings (SSSR count). The van der Waals surface area contributed by atoms with Crippen molar-refractivity contribution in [3.8, 4) is 0 Å². The first-order valence-corrected chi connectivity index (χ1v) is 21.1. The largest absolute Gasteiger partial charge is 1.00 e. The summed E-state index contributed by atoms with van der Waals surface area (Å²) in [5, 5.41) is 0. The third-order valence-corrected chi connectivity index (χ3v) is 8.90. The van der Waals surface area contributed by atoms with Gasteiger partial charge in [-0.15, -0.1) is 0 Å².